The normalized spacial score (nSPS) is 13.2. The molecule has 104 valence electrons. The van der Waals surface area contributed by atoms with Gasteiger partial charge in [-0.15, -0.1) is 0 Å². The Bertz CT molecular complexity index is 577. The smallest absolute Gasteiger partial charge is 0.341 e. The van der Waals surface area contributed by atoms with E-state index in [4.69, 9.17) is 15.1 Å². The van der Waals surface area contributed by atoms with Crippen molar-refractivity contribution in [3.63, 3.8) is 0 Å². The third-order valence-corrected chi connectivity index (χ3v) is 3.14. The molecule has 1 amide bonds. The van der Waals surface area contributed by atoms with Crippen LogP contribution in [0.4, 0.5) is 0 Å². The second kappa shape index (κ2) is 6.06. The number of rotatable bonds is 4. The molecule has 0 fully saturated rings. The van der Waals surface area contributed by atoms with Crippen LogP contribution in [0.1, 0.15) is 17.5 Å². The summed E-state index contributed by atoms with van der Waals surface area (Å²) in [7, 11) is 0. The van der Waals surface area contributed by atoms with Crippen molar-refractivity contribution in [1.29, 1.82) is 5.26 Å². The van der Waals surface area contributed by atoms with E-state index in [1.54, 1.807) is 11.0 Å². The Labute approximate surface area is 116 Å². The van der Waals surface area contributed by atoms with Crippen molar-refractivity contribution in [2.75, 3.05) is 13.2 Å². The van der Waals surface area contributed by atoms with Gasteiger partial charge in [0.25, 0.3) is 0 Å². The number of hydrogen-bond donors (Lipinski definition) is 1. The molecule has 0 aliphatic carbocycles. The van der Waals surface area contributed by atoms with Gasteiger partial charge in [-0.2, -0.15) is 5.26 Å². The number of carboxylic acids is 1. The topological polar surface area (TPSA) is 90.6 Å². The second-order valence-electron chi connectivity index (χ2n) is 4.51. The van der Waals surface area contributed by atoms with Crippen LogP contribution >= 0.6 is 0 Å². The van der Waals surface area contributed by atoms with E-state index < -0.39 is 5.97 Å². The predicted molar refractivity (Wildman–Crippen MR) is 68.9 cm³/mol. The summed E-state index contributed by atoms with van der Waals surface area (Å²) < 4.78 is 5.12. The van der Waals surface area contributed by atoms with Crippen LogP contribution < -0.4 is 4.74 Å². The van der Waals surface area contributed by atoms with E-state index in [2.05, 4.69) is 0 Å². The number of ether oxygens (including phenoxy) is 1. The Kier molecular flexibility index (Phi) is 4.20. The van der Waals surface area contributed by atoms with E-state index in [0.29, 0.717) is 25.3 Å². The summed E-state index contributed by atoms with van der Waals surface area (Å²) >= 11 is 0. The van der Waals surface area contributed by atoms with Crippen LogP contribution in [0.25, 0.3) is 0 Å². The van der Waals surface area contributed by atoms with Gasteiger partial charge in [0, 0.05) is 13.1 Å². The summed E-state index contributed by atoms with van der Waals surface area (Å²) in [5, 5.41) is 17.1. The van der Waals surface area contributed by atoms with Crippen molar-refractivity contribution in [3.05, 3.63) is 29.3 Å². The van der Waals surface area contributed by atoms with Crippen molar-refractivity contribution in [1.82, 2.24) is 4.90 Å². The Balaban J connectivity index is 2.06. The number of carbonyl (C=O) groups is 2. The lowest BCUT2D eigenvalue weighted by Gasteiger charge is -2.28. The molecule has 0 unspecified atom stereocenters. The molecule has 0 aromatic heterocycles. The lowest BCUT2D eigenvalue weighted by Crippen LogP contribution is -2.35. The van der Waals surface area contributed by atoms with Crippen LogP contribution in [-0.4, -0.2) is 35.0 Å². The molecule has 2 rings (SSSR count). The summed E-state index contributed by atoms with van der Waals surface area (Å²) in [6.45, 7) is 0.677. The minimum absolute atomic E-state index is 0.102. The van der Waals surface area contributed by atoms with Crippen molar-refractivity contribution < 1.29 is 19.4 Å². The Hall–Kier alpha value is -2.55. The third-order valence-electron chi connectivity index (χ3n) is 3.14. The lowest BCUT2D eigenvalue weighted by atomic mass is 9.99. The van der Waals surface area contributed by atoms with Gasteiger partial charge in [-0.05, 0) is 29.7 Å². The molecule has 1 aliphatic rings. The number of nitriles is 1. The molecule has 0 radical (unpaired) electrons. The van der Waals surface area contributed by atoms with Crippen molar-refractivity contribution in [2.45, 2.75) is 19.4 Å². The number of fused-ring (bicyclic) bond motifs is 1. The summed E-state index contributed by atoms with van der Waals surface area (Å²) in [5.74, 6) is -0.664. The molecule has 1 aliphatic heterocycles. The molecular formula is C14H14N2O4. The fourth-order valence-corrected chi connectivity index (χ4v) is 2.16. The average molecular weight is 274 g/mol. The highest BCUT2D eigenvalue weighted by Gasteiger charge is 2.20. The number of hydrogen-bond acceptors (Lipinski definition) is 4. The standard InChI is InChI=1S/C14H14N2O4/c15-5-3-13(17)16-6-4-10-7-12(20-9-14(18)19)2-1-11(10)8-16/h1-2,7H,3-4,6,8-9H2,(H,18,19). The van der Waals surface area contributed by atoms with Crippen LogP contribution in [0.3, 0.4) is 0 Å². The van der Waals surface area contributed by atoms with Gasteiger partial charge in [-0.25, -0.2) is 4.79 Å². The van der Waals surface area contributed by atoms with Crippen LogP contribution in [0, 0.1) is 11.3 Å². The SMILES string of the molecule is N#CCC(=O)N1CCc2cc(OCC(=O)O)ccc2C1. The molecule has 6 heteroatoms. The van der Waals surface area contributed by atoms with Gasteiger partial charge in [0.2, 0.25) is 5.91 Å². The van der Waals surface area contributed by atoms with Crippen molar-refractivity contribution >= 4 is 11.9 Å². The van der Waals surface area contributed by atoms with E-state index >= 15 is 0 Å². The van der Waals surface area contributed by atoms with Gasteiger partial charge in [-0.3, -0.25) is 4.79 Å². The van der Waals surface area contributed by atoms with Crippen LogP contribution in [0.15, 0.2) is 18.2 Å². The molecule has 0 atom stereocenters. The Morgan fingerprint density at radius 1 is 1.40 bits per heavy atom. The van der Waals surface area contributed by atoms with Gasteiger partial charge >= 0.3 is 5.97 Å². The molecule has 1 heterocycles. The van der Waals surface area contributed by atoms with E-state index in [0.717, 1.165) is 11.1 Å². The average Bonchev–Trinajstić information content (AvgIpc) is 2.44. The quantitative estimate of drug-likeness (QED) is 0.882. The summed E-state index contributed by atoms with van der Waals surface area (Å²) in [6.07, 6.45) is 0.575. The van der Waals surface area contributed by atoms with E-state index in [-0.39, 0.29) is 18.9 Å². The highest BCUT2D eigenvalue weighted by molar-refractivity contribution is 5.78. The molecule has 0 spiro atoms. The maximum Gasteiger partial charge on any atom is 0.341 e. The first-order valence-electron chi connectivity index (χ1n) is 6.21. The van der Waals surface area contributed by atoms with E-state index in [9.17, 15) is 9.59 Å². The number of benzene rings is 1. The fraction of sp³-hybridized carbons (Fsp3) is 0.357. The van der Waals surface area contributed by atoms with Gasteiger partial charge in [-0.1, -0.05) is 6.07 Å². The highest BCUT2D eigenvalue weighted by atomic mass is 16.5. The molecule has 0 saturated carbocycles. The van der Waals surface area contributed by atoms with Gasteiger partial charge in [0.05, 0.1) is 6.07 Å². The largest absolute Gasteiger partial charge is 0.482 e. The summed E-state index contributed by atoms with van der Waals surface area (Å²) in [5.41, 5.74) is 2.05. The first kappa shape index (κ1) is 13.9. The molecule has 0 saturated heterocycles. The highest BCUT2D eigenvalue weighted by Crippen LogP contribution is 2.24. The molecular weight excluding hydrogens is 260 g/mol. The Morgan fingerprint density at radius 2 is 2.20 bits per heavy atom. The van der Waals surface area contributed by atoms with Crippen molar-refractivity contribution in [3.8, 4) is 11.8 Å². The summed E-state index contributed by atoms with van der Waals surface area (Å²) in [6, 6.07) is 7.19. The first-order valence-corrected chi connectivity index (χ1v) is 6.21. The third kappa shape index (κ3) is 3.26. The van der Waals surface area contributed by atoms with Crippen LogP contribution in [0.2, 0.25) is 0 Å². The van der Waals surface area contributed by atoms with Gasteiger partial charge in [0.15, 0.2) is 6.61 Å². The molecule has 1 aromatic rings. The zero-order valence-corrected chi connectivity index (χ0v) is 10.8. The zero-order chi connectivity index (χ0) is 14.5. The van der Waals surface area contributed by atoms with Crippen LogP contribution in [0.5, 0.6) is 5.75 Å². The monoisotopic (exact) mass is 274 g/mol. The molecule has 6 nitrogen and oxygen atoms in total. The summed E-state index contributed by atoms with van der Waals surface area (Å²) in [4.78, 5) is 23.8. The Morgan fingerprint density at radius 3 is 2.90 bits per heavy atom. The lowest BCUT2D eigenvalue weighted by molar-refractivity contribution is -0.139. The number of nitrogens with zero attached hydrogens (tertiary/aromatic N) is 2. The maximum absolute atomic E-state index is 11.7. The predicted octanol–water partition coefficient (Wildman–Crippen LogP) is 0.948. The first-order chi connectivity index (χ1) is 9.60. The number of amides is 1. The molecule has 1 aromatic carbocycles. The van der Waals surface area contributed by atoms with Gasteiger partial charge < -0.3 is 14.7 Å². The fourth-order valence-electron chi connectivity index (χ4n) is 2.16. The minimum Gasteiger partial charge on any atom is -0.482 e. The number of carbonyl (C=O) groups excluding carboxylic acids is 1. The van der Waals surface area contributed by atoms with E-state index in [1.807, 2.05) is 18.2 Å². The van der Waals surface area contributed by atoms with Crippen LogP contribution in [-0.2, 0) is 22.6 Å². The molecule has 0 bridgehead atoms. The second-order valence-corrected chi connectivity index (χ2v) is 4.51. The number of aliphatic carboxylic acids is 1. The maximum atomic E-state index is 11.7. The minimum atomic E-state index is -1.02. The van der Waals surface area contributed by atoms with Crippen molar-refractivity contribution in [2.24, 2.45) is 0 Å². The van der Waals surface area contributed by atoms with Gasteiger partial charge in [0.1, 0.15) is 12.2 Å². The molecule has 20 heavy (non-hydrogen) atoms. The zero-order valence-electron chi connectivity index (χ0n) is 10.8. The molecule has 1 N–H and O–H groups in total. The number of carboxylic acid groups (broad SMARTS) is 1. The van der Waals surface area contributed by atoms with E-state index in [1.165, 1.54) is 0 Å².